The van der Waals surface area contributed by atoms with Crippen LogP contribution in [0.2, 0.25) is 0 Å². The Morgan fingerprint density at radius 3 is 2.81 bits per heavy atom. The monoisotopic (exact) mass is 233 g/mol. The number of carboxylic acid groups (broad SMARTS) is 1. The van der Waals surface area contributed by atoms with Crippen LogP contribution in [0.25, 0.3) is 11.3 Å². The molecule has 0 amide bonds. The van der Waals surface area contributed by atoms with Crippen LogP contribution >= 0.6 is 11.3 Å². The predicted octanol–water partition coefficient (Wildman–Crippen LogP) is 2.75. The molecule has 0 unspecified atom stereocenters. The van der Waals surface area contributed by atoms with Crippen molar-refractivity contribution in [3.63, 3.8) is 0 Å². The molecule has 0 saturated heterocycles. The maximum absolute atomic E-state index is 10.7. The van der Waals surface area contributed by atoms with Gasteiger partial charge in [0.05, 0.1) is 17.1 Å². The number of aryl methyl sites for hydroxylation is 1. The number of thiazole rings is 1. The Kier molecular flexibility index (Phi) is 3.01. The minimum atomic E-state index is -0.820. The third kappa shape index (κ3) is 2.28. The fraction of sp³-hybridized carbons (Fsp3) is 0.167. The standard InChI is InChI=1S/C12H11NO2S/c1-8-13-11(7-16-8)10-5-3-2-4-9(10)6-12(14)15/h2-5,7H,6H2,1H3,(H,14,15). The fourth-order valence-corrected chi connectivity index (χ4v) is 2.19. The van der Waals surface area contributed by atoms with Gasteiger partial charge in [0.15, 0.2) is 0 Å². The van der Waals surface area contributed by atoms with Crippen LogP contribution in [-0.2, 0) is 11.2 Å². The van der Waals surface area contributed by atoms with Crippen molar-refractivity contribution in [2.45, 2.75) is 13.3 Å². The van der Waals surface area contributed by atoms with Gasteiger partial charge in [-0.1, -0.05) is 24.3 Å². The van der Waals surface area contributed by atoms with E-state index in [4.69, 9.17) is 5.11 Å². The molecule has 2 aromatic rings. The highest BCUT2D eigenvalue weighted by Gasteiger charge is 2.09. The molecule has 3 nitrogen and oxygen atoms in total. The lowest BCUT2D eigenvalue weighted by molar-refractivity contribution is -0.136. The Morgan fingerprint density at radius 1 is 1.44 bits per heavy atom. The first kappa shape index (κ1) is 10.8. The predicted molar refractivity (Wildman–Crippen MR) is 63.6 cm³/mol. The van der Waals surface area contributed by atoms with Gasteiger partial charge in [-0.2, -0.15) is 0 Å². The summed E-state index contributed by atoms with van der Waals surface area (Å²) in [6.07, 6.45) is 0.0345. The maximum atomic E-state index is 10.7. The van der Waals surface area contributed by atoms with E-state index in [2.05, 4.69) is 4.98 Å². The van der Waals surface area contributed by atoms with Crippen molar-refractivity contribution in [2.75, 3.05) is 0 Å². The number of benzene rings is 1. The Bertz CT molecular complexity index is 519. The number of carbonyl (C=O) groups is 1. The zero-order valence-electron chi connectivity index (χ0n) is 8.80. The molecule has 0 bridgehead atoms. The second-order valence-corrected chi connectivity index (χ2v) is 4.54. The molecule has 0 radical (unpaired) electrons. The first-order valence-electron chi connectivity index (χ1n) is 4.89. The van der Waals surface area contributed by atoms with E-state index in [1.807, 2.05) is 36.6 Å². The lowest BCUT2D eigenvalue weighted by Gasteiger charge is -2.04. The van der Waals surface area contributed by atoms with Gasteiger partial charge < -0.3 is 5.11 Å². The van der Waals surface area contributed by atoms with E-state index < -0.39 is 5.97 Å². The molecule has 4 heteroatoms. The van der Waals surface area contributed by atoms with Gasteiger partial charge in [-0.15, -0.1) is 11.3 Å². The average molecular weight is 233 g/mol. The van der Waals surface area contributed by atoms with Crippen LogP contribution in [-0.4, -0.2) is 16.1 Å². The number of hydrogen-bond acceptors (Lipinski definition) is 3. The lowest BCUT2D eigenvalue weighted by Crippen LogP contribution is -2.01. The van der Waals surface area contributed by atoms with E-state index in [0.717, 1.165) is 21.8 Å². The van der Waals surface area contributed by atoms with Crippen LogP contribution in [0.4, 0.5) is 0 Å². The molecule has 0 atom stereocenters. The number of aliphatic carboxylic acids is 1. The first-order chi connectivity index (χ1) is 7.66. The van der Waals surface area contributed by atoms with Crippen molar-refractivity contribution in [1.29, 1.82) is 0 Å². The summed E-state index contributed by atoms with van der Waals surface area (Å²) in [4.78, 5) is 15.1. The molecule has 1 N–H and O–H groups in total. The molecular weight excluding hydrogens is 222 g/mol. The van der Waals surface area contributed by atoms with Crippen LogP contribution in [0.15, 0.2) is 29.6 Å². The smallest absolute Gasteiger partial charge is 0.307 e. The Morgan fingerprint density at radius 2 is 2.19 bits per heavy atom. The molecule has 0 fully saturated rings. The highest BCUT2D eigenvalue weighted by atomic mass is 32.1. The minimum absolute atomic E-state index is 0.0345. The van der Waals surface area contributed by atoms with E-state index in [9.17, 15) is 4.79 Å². The second-order valence-electron chi connectivity index (χ2n) is 3.48. The maximum Gasteiger partial charge on any atom is 0.307 e. The van der Waals surface area contributed by atoms with Crippen LogP contribution in [0.5, 0.6) is 0 Å². The topological polar surface area (TPSA) is 50.2 Å². The Hall–Kier alpha value is -1.68. The van der Waals surface area contributed by atoms with Crippen LogP contribution in [0.3, 0.4) is 0 Å². The normalized spacial score (nSPS) is 10.3. The molecule has 1 heterocycles. The summed E-state index contributed by atoms with van der Waals surface area (Å²) in [6, 6.07) is 7.49. The van der Waals surface area contributed by atoms with E-state index in [1.165, 1.54) is 0 Å². The van der Waals surface area contributed by atoms with Gasteiger partial charge in [0.2, 0.25) is 0 Å². The number of rotatable bonds is 3. The third-order valence-electron chi connectivity index (χ3n) is 2.25. The average Bonchev–Trinajstić information content (AvgIpc) is 2.65. The number of aromatic nitrogens is 1. The van der Waals surface area contributed by atoms with Gasteiger partial charge in [-0.3, -0.25) is 4.79 Å². The van der Waals surface area contributed by atoms with Crippen LogP contribution < -0.4 is 0 Å². The van der Waals surface area contributed by atoms with Crippen molar-refractivity contribution in [3.8, 4) is 11.3 Å². The van der Waals surface area contributed by atoms with E-state index in [0.29, 0.717) is 0 Å². The number of nitrogens with zero attached hydrogens (tertiary/aromatic N) is 1. The van der Waals surface area contributed by atoms with Gasteiger partial charge in [0, 0.05) is 10.9 Å². The lowest BCUT2D eigenvalue weighted by atomic mass is 10.0. The van der Waals surface area contributed by atoms with E-state index in [-0.39, 0.29) is 6.42 Å². The minimum Gasteiger partial charge on any atom is -0.481 e. The second kappa shape index (κ2) is 4.45. The van der Waals surface area contributed by atoms with Crippen molar-refractivity contribution >= 4 is 17.3 Å². The van der Waals surface area contributed by atoms with Gasteiger partial charge in [0.1, 0.15) is 0 Å². The van der Waals surface area contributed by atoms with E-state index >= 15 is 0 Å². The van der Waals surface area contributed by atoms with Gasteiger partial charge in [-0.05, 0) is 12.5 Å². The molecule has 82 valence electrons. The Labute approximate surface area is 97.4 Å². The molecule has 2 rings (SSSR count). The summed E-state index contributed by atoms with van der Waals surface area (Å²) < 4.78 is 0. The molecule has 0 saturated carbocycles. The molecule has 0 aliphatic rings. The molecular formula is C12H11NO2S. The van der Waals surface area contributed by atoms with E-state index in [1.54, 1.807) is 11.3 Å². The summed E-state index contributed by atoms with van der Waals surface area (Å²) in [5.74, 6) is -0.820. The Balaban J connectivity index is 2.43. The number of hydrogen-bond donors (Lipinski definition) is 1. The molecule has 16 heavy (non-hydrogen) atoms. The zero-order valence-corrected chi connectivity index (χ0v) is 9.62. The quantitative estimate of drug-likeness (QED) is 0.886. The molecule has 0 aliphatic heterocycles. The summed E-state index contributed by atoms with van der Waals surface area (Å²) >= 11 is 1.57. The highest BCUT2D eigenvalue weighted by Crippen LogP contribution is 2.25. The molecule has 0 aliphatic carbocycles. The highest BCUT2D eigenvalue weighted by molar-refractivity contribution is 7.09. The SMILES string of the molecule is Cc1nc(-c2ccccc2CC(=O)O)cs1. The number of carboxylic acids is 1. The van der Waals surface area contributed by atoms with Gasteiger partial charge >= 0.3 is 5.97 Å². The van der Waals surface area contributed by atoms with Crippen molar-refractivity contribution < 1.29 is 9.90 Å². The third-order valence-corrected chi connectivity index (χ3v) is 3.03. The van der Waals surface area contributed by atoms with Gasteiger partial charge in [-0.25, -0.2) is 4.98 Å². The van der Waals surface area contributed by atoms with Crippen molar-refractivity contribution in [3.05, 3.63) is 40.2 Å². The van der Waals surface area contributed by atoms with Gasteiger partial charge in [0.25, 0.3) is 0 Å². The van der Waals surface area contributed by atoms with Crippen molar-refractivity contribution in [1.82, 2.24) is 4.98 Å². The molecule has 1 aromatic carbocycles. The largest absolute Gasteiger partial charge is 0.481 e. The van der Waals surface area contributed by atoms with Crippen molar-refractivity contribution in [2.24, 2.45) is 0 Å². The molecule has 1 aromatic heterocycles. The zero-order chi connectivity index (χ0) is 11.5. The van der Waals surface area contributed by atoms with Crippen LogP contribution in [0.1, 0.15) is 10.6 Å². The summed E-state index contributed by atoms with van der Waals surface area (Å²) in [5.41, 5.74) is 2.58. The molecule has 0 spiro atoms. The van der Waals surface area contributed by atoms with Crippen LogP contribution in [0, 0.1) is 6.92 Å². The first-order valence-corrected chi connectivity index (χ1v) is 5.77. The summed E-state index contributed by atoms with van der Waals surface area (Å²) in [5, 5.41) is 11.8. The summed E-state index contributed by atoms with van der Waals surface area (Å²) in [6.45, 7) is 1.94. The fourth-order valence-electron chi connectivity index (χ4n) is 1.57. The summed E-state index contributed by atoms with van der Waals surface area (Å²) in [7, 11) is 0.